The summed E-state index contributed by atoms with van der Waals surface area (Å²) in [4.78, 5) is 12.1. The van der Waals surface area contributed by atoms with Crippen molar-refractivity contribution in [2.24, 2.45) is 0 Å². The predicted octanol–water partition coefficient (Wildman–Crippen LogP) is 3.04. The second kappa shape index (κ2) is 5.38. The van der Waals surface area contributed by atoms with Gasteiger partial charge >= 0.3 is 0 Å². The van der Waals surface area contributed by atoms with E-state index in [1.54, 1.807) is 24.3 Å². The highest BCUT2D eigenvalue weighted by molar-refractivity contribution is 7.99. The largest absolute Gasteiger partial charge is 0.618 e. The fourth-order valence-electron chi connectivity index (χ4n) is 1.85. The fraction of sp³-hybridized carbons (Fsp3) is 0.0667. The zero-order valence-electron chi connectivity index (χ0n) is 10.5. The molecule has 0 saturated carbocycles. The van der Waals surface area contributed by atoms with Crippen LogP contribution in [-0.2, 0) is 0 Å². The summed E-state index contributed by atoms with van der Waals surface area (Å²) >= 11 is 1.20. The summed E-state index contributed by atoms with van der Waals surface area (Å²) in [5, 5.41) is 12.9. The van der Waals surface area contributed by atoms with Gasteiger partial charge in [-0.15, -0.1) is 0 Å². The average molecular weight is 285 g/mol. The SMILES string of the molecule is O=C(CSc1cccc[n+]1[O-])c1cc2ccccc2o1. The lowest BCUT2D eigenvalue weighted by Gasteiger charge is -2.01. The first-order valence-corrected chi connectivity index (χ1v) is 7.05. The van der Waals surface area contributed by atoms with Gasteiger partial charge in [-0.25, -0.2) is 0 Å². The smallest absolute Gasteiger partial charge is 0.251 e. The minimum atomic E-state index is -0.130. The van der Waals surface area contributed by atoms with Crippen molar-refractivity contribution in [3.63, 3.8) is 0 Å². The summed E-state index contributed by atoms with van der Waals surface area (Å²) < 4.78 is 6.25. The molecular formula is C15H11NO3S. The number of furan rings is 1. The molecule has 3 aromatic rings. The highest BCUT2D eigenvalue weighted by Crippen LogP contribution is 2.21. The zero-order valence-corrected chi connectivity index (χ0v) is 11.3. The Balaban J connectivity index is 1.75. The van der Waals surface area contributed by atoms with Gasteiger partial charge in [0.25, 0.3) is 5.03 Å². The molecule has 100 valence electrons. The number of nitrogens with zero attached hydrogens (tertiary/aromatic N) is 1. The van der Waals surface area contributed by atoms with Crippen LogP contribution < -0.4 is 4.73 Å². The summed E-state index contributed by atoms with van der Waals surface area (Å²) in [5.41, 5.74) is 0.694. The van der Waals surface area contributed by atoms with E-state index in [1.807, 2.05) is 24.3 Å². The van der Waals surface area contributed by atoms with E-state index in [-0.39, 0.29) is 11.5 Å². The first-order chi connectivity index (χ1) is 9.74. The quantitative estimate of drug-likeness (QED) is 0.320. The Bertz CT molecular complexity index is 733. The Morgan fingerprint density at radius 2 is 2.00 bits per heavy atom. The zero-order chi connectivity index (χ0) is 13.9. The van der Waals surface area contributed by atoms with E-state index in [1.165, 1.54) is 18.0 Å². The first-order valence-electron chi connectivity index (χ1n) is 6.07. The summed E-state index contributed by atoms with van der Waals surface area (Å²) in [7, 11) is 0. The third-order valence-electron chi connectivity index (χ3n) is 2.84. The van der Waals surface area contributed by atoms with Crippen molar-refractivity contribution >= 4 is 28.5 Å². The van der Waals surface area contributed by atoms with Gasteiger partial charge in [0.15, 0.2) is 12.0 Å². The van der Waals surface area contributed by atoms with Gasteiger partial charge in [-0.05, 0) is 30.0 Å². The number of hydrogen-bond donors (Lipinski definition) is 0. The van der Waals surface area contributed by atoms with Gasteiger partial charge in [0, 0.05) is 17.5 Å². The number of benzene rings is 1. The van der Waals surface area contributed by atoms with Crippen molar-refractivity contribution in [3.8, 4) is 0 Å². The van der Waals surface area contributed by atoms with Crippen LogP contribution in [0.15, 0.2) is 64.2 Å². The van der Waals surface area contributed by atoms with Gasteiger partial charge in [-0.1, -0.05) is 18.2 Å². The molecule has 0 bridgehead atoms. The van der Waals surface area contributed by atoms with E-state index in [2.05, 4.69) is 0 Å². The van der Waals surface area contributed by atoms with Crippen LogP contribution in [0.5, 0.6) is 0 Å². The monoisotopic (exact) mass is 285 g/mol. The van der Waals surface area contributed by atoms with Gasteiger partial charge in [-0.2, -0.15) is 4.73 Å². The molecule has 4 nitrogen and oxygen atoms in total. The molecule has 0 N–H and O–H groups in total. The Hall–Kier alpha value is -2.27. The third-order valence-corrected chi connectivity index (χ3v) is 3.86. The van der Waals surface area contributed by atoms with Crippen LogP contribution in [0.4, 0.5) is 0 Å². The molecule has 0 spiro atoms. The van der Waals surface area contributed by atoms with E-state index >= 15 is 0 Å². The standard InChI is InChI=1S/C15H11NO3S/c17-12(10-20-15-7-3-4-8-16(15)18)14-9-11-5-1-2-6-13(11)19-14/h1-9H,10H2. The van der Waals surface area contributed by atoms with Crippen molar-refractivity contribution < 1.29 is 13.9 Å². The van der Waals surface area contributed by atoms with Crippen LogP contribution in [0.25, 0.3) is 11.0 Å². The first kappa shape index (κ1) is 12.7. The Kier molecular flexibility index (Phi) is 3.43. The molecule has 0 unspecified atom stereocenters. The third kappa shape index (κ3) is 2.53. The van der Waals surface area contributed by atoms with Gasteiger partial charge in [-0.3, -0.25) is 4.79 Å². The maximum Gasteiger partial charge on any atom is 0.251 e. The van der Waals surface area contributed by atoms with Gasteiger partial charge in [0.05, 0.1) is 5.75 Å². The van der Waals surface area contributed by atoms with E-state index < -0.39 is 0 Å². The Morgan fingerprint density at radius 1 is 1.20 bits per heavy atom. The minimum Gasteiger partial charge on any atom is -0.618 e. The molecule has 0 aliphatic carbocycles. The number of para-hydroxylation sites is 1. The highest BCUT2D eigenvalue weighted by atomic mass is 32.2. The van der Waals surface area contributed by atoms with Crippen molar-refractivity contribution in [1.29, 1.82) is 0 Å². The molecule has 0 saturated heterocycles. The molecule has 0 amide bonds. The lowest BCUT2D eigenvalue weighted by molar-refractivity contribution is -0.645. The lowest BCUT2D eigenvalue weighted by atomic mass is 10.2. The number of carbonyl (C=O) groups is 1. The van der Waals surface area contributed by atoms with Crippen LogP contribution >= 0.6 is 11.8 Å². The molecule has 3 rings (SSSR count). The van der Waals surface area contributed by atoms with E-state index in [9.17, 15) is 10.0 Å². The van der Waals surface area contributed by atoms with Gasteiger partial charge in [0.2, 0.25) is 5.78 Å². The van der Waals surface area contributed by atoms with Crippen molar-refractivity contribution in [3.05, 3.63) is 65.7 Å². The minimum absolute atomic E-state index is 0.130. The summed E-state index contributed by atoms with van der Waals surface area (Å²) in [5.74, 6) is 0.369. The second-order valence-corrected chi connectivity index (χ2v) is 5.22. The molecule has 1 aromatic carbocycles. The number of fused-ring (bicyclic) bond motifs is 1. The molecule has 0 fully saturated rings. The summed E-state index contributed by atoms with van der Waals surface area (Å²) in [6.07, 6.45) is 1.41. The second-order valence-electron chi connectivity index (χ2n) is 4.22. The number of pyridine rings is 1. The van der Waals surface area contributed by atoms with Gasteiger partial charge in [0.1, 0.15) is 5.58 Å². The Labute approximate surface area is 119 Å². The van der Waals surface area contributed by atoms with E-state index in [4.69, 9.17) is 4.42 Å². The number of aromatic nitrogens is 1. The van der Waals surface area contributed by atoms with Crippen LogP contribution in [-0.4, -0.2) is 11.5 Å². The molecule has 0 atom stereocenters. The van der Waals surface area contributed by atoms with E-state index in [0.29, 0.717) is 16.4 Å². The number of thioether (sulfide) groups is 1. The molecule has 5 heteroatoms. The lowest BCUT2D eigenvalue weighted by Crippen LogP contribution is -2.28. The number of hydrogen-bond acceptors (Lipinski definition) is 4. The molecule has 2 aromatic heterocycles. The fourth-order valence-corrected chi connectivity index (χ4v) is 2.64. The van der Waals surface area contributed by atoms with Crippen molar-refractivity contribution in [2.75, 3.05) is 5.75 Å². The predicted molar refractivity (Wildman–Crippen MR) is 76.7 cm³/mol. The molecule has 0 aliphatic rings. The number of rotatable bonds is 4. The summed E-state index contributed by atoms with van der Waals surface area (Å²) in [6.45, 7) is 0. The van der Waals surface area contributed by atoms with Gasteiger partial charge < -0.3 is 9.62 Å². The maximum absolute atomic E-state index is 12.1. The topological polar surface area (TPSA) is 57.1 Å². The van der Waals surface area contributed by atoms with Crippen molar-refractivity contribution in [1.82, 2.24) is 0 Å². The van der Waals surface area contributed by atoms with Crippen LogP contribution in [0, 0.1) is 5.21 Å². The number of carbonyl (C=O) groups excluding carboxylic acids is 1. The van der Waals surface area contributed by atoms with Crippen LogP contribution in [0.3, 0.4) is 0 Å². The van der Waals surface area contributed by atoms with Crippen molar-refractivity contribution in [2.45, 2.75) is 5.03 Å². The molecule has 2 heterocycles. The highest BCUT2D eigenvalue weighted by Gasteiger charge is 2.14. The molecule has 20 heavy (non-hydrogen) atoms. The number of Topliss-reactive ketones (excluding diaryl/α,β-unsaturated/α-hetero) is 1. The molecule has 0 radical (unpaired) electrons. The Morgan fingerprint density at radius 3 is 2.80 bits per heavy atom. The molecular weight excluding hydrogens is 274 g/mol. The molecule has 0 aliphatic heterocycles. The van der Waals surface area contributed by atoms with E-state index in [0.717, 1.165) is 10.1 Å². The number of ketones is 1. The van der Waals surface area contributed by atoms with Crippen LogP contribution in [0.2, 0.25) is 0 Å². The maximum atomic E-state index is 12.1. The normalized spacial score (nSPS) is 10.8. The average Bonchev–Trinajstić information content (AvgIpc) is 2.90. The summed E-state index contributed by atoms with van der Waals surface area (Å²) in [6, 6.07) is 14.3. The van der Waals surface area contributed by atoms with Crippen LogP contribution in [0.1, 0.15) is 10.6 Å².